The molecule has 0 radical (unpaired) electrons. The van der Waals surface area contributed by atoms with Crippen molar-refractivity contribution >= 4 is 5.96 Å². The quantitative estimate of drug-likeness (QED) is 0.657. The molecule has 0 heterocycles. The Hall–Kier alpha value is -3.00. The van der Waals surface area contributed by atoms with Crippen molar-refractivity contribution in [2.24, 2.45) is 4.99 Å². The summed E-state index contributed by atoms with van der Waals surface area (Å²) in [7, 11) is 3.38. The third-order valence-corrected chi connectivity index (χ3v) is 3.33. The summed E-state index contributed by atoms with van der Waals surface area (Å²) in [6.07, 6.45) is 0. The second-order valence-electron chi connectivity index (χ2n) is 4.94. The second kappa shape index (κ2) is 8.44. The lowest BCUT2D eigenvalue weighted by Gasteiger charge is -2.12. The van der Waals surface area contributed by atoms with E-state index in [1.807, 2.05) is 42.5 Å². The van der Waals surface area contributed by atoms with E-state index in [-0.39, 0.29) is 0 Å². The average molecular weight is 308 g/mol. The molecule has 0 bridgehead atoms. The molecular formula is C18H20N4O. The number of hydrogen-bond acceptors (Lipinski definition) is 3. The third kappa shape index (κ3) is 5.04. The van der Waals surface area contributed by atoms with Gasteiger partial charge >= 0.3 is 0 Å². The van der Waals surface area contributed by atoms with E-state index in [9.17, 15) is 0 Å². The first kappa shape index (κ1) is 16.4. The maximum Gasteiger partial charge on any atom is 0.191 e. The van der Waals surface area contributed by atoms with Gasteiger partial charge in [-0.05, 0) is 35.4 Å². The van der Waals surface area contributed by atoms with Gasteiger partial charge in [0.2, 0.25) is 0 Å². The van der Waals surface area contributed by atoms with E-state index in [1.54, 1.807) is 20.2 Å². The monoisotopic (exact) mass is 308 g/mol. The Kier molecular flexibility index (Phi) is 6.01. The van der Waals surface area contributed by atoms with Gasteiger partial charge in [-0.15, -0.1) is 0 Å². The number of rotatable bonds is 5. The first-order valence-electron chi connectivity index (χ1n) is 7.31. The van der Waals surface area contributed by atoms with Gasteiger partial charge < -0.3 is 15.4 Å². The summed E-state index contributed by atoms with van der Waals surface area (Å²) in [5.41, 5.74) is 2.80. The predicted molar refractivity (Wildman–Crippen MR) is 91.2 cm³/mol. The summed E-state index contributed by atoms with van der Waals surface area (Å²) in [6, 6.07) is 17.5. The molecule has 0 saturated heterocycles. The Morgan fingerprint density at radius 2 is 1.74 bits per heavy atom. The van der Waals surface area contributed by atoms with Gasteiger partial charge in [-0.1, -0.05) is 24.3 Å². The average Bonchev–Trinajstić information content (AvgIpc) is 2.62. The molecule has 5 heteroatoms. The molecular weight excluding hydrogens is 288 g/mol. The molecule has 0 fully saturated rings. The van der Waals surface area contributed by atoms with Gasteiger partial charge in [0, 0.05) is 20.1 Å². The minimum atomic E-state index is 0.604. The summed E-state index contributed by atoms with van der Waals surface area (Å²) in [5, 5.41) is 15.4. The van der Waals surface area contributed by atoms with Crippen molar-refractivity contribution in [3.63, 3.8) is 0 Å². The molecule has 0 spiro atoms. The van der Waals surface area contributed by atoms with Crippen LogP contribution in [0.5, 0.6) is 5.75 Å². The molecule has 0 aliphatic carbocycles. The molecule has 2 rings (SSSR count). The summed E-state index contributed by atoms with van der Waals surface area (Å²) in [6.45, 7) is 1.25. The van der Waals surface area contributed by atoms with Crippen molar-refractivity contribution in [2.75, 3.05) is 14.2 Å². The topological polar surface area (TPSA) is 69.4 Å². The minimum Gasteiger partial charge on any atom is -0.497 e. The van der Waals surface area contributed by atoms with Gasteiger partial charge in [0.15, 0.2) is 5.96 Å². The molecule has 2 aromatic rings. The fourth-order valence-electron chi connectivity index (χ4n) is 2.13. The van der Waals surface area contributed by atoms with Crippen LogP contribution >= 0.6 is 0 Å². The van der Waals surface area contributed by atoms with Crippen molar-refractivity contribution in [1.29, 1.82) is 5.26 Å². The maximum atomic E-state index is 8.92. The maximum absolute atomic E-state index is 8.92. The van der Waals surface area contributed by atoms with Crippen LogP contribution in [0.2, 0.25) is 0 Å². The number of benzene rings is 2. The predicted octanol–water partition coefficient (Wildman–Crippen LogP) is 2.43. The number of ether oxygens (including phenoxy) is 1. The number of hydrogen-bond donors (Lipinski definition) is 2. The summed E-state index contributed by atoms with van der Waals surface area (Å²) >= 11 is 0. The Labute approximate surface area is 136 Å². The van der Waals surface area contributed by atoms with E-state index in [4.69, 9.17) is 10.00 Å². The van der Waals surface area contributed by atoms with Crippen LogP contribution in [0.25, 0.3) is 0 Å². The highest BCUT2D eigenvalue weighted by Gasteiger charge is 2.01. The first-order valence-corrected chi connectivity index (χ1v) is 7.31. The molecule has 0 aliphatic rings. The van der Waals surface area contributed by atoms with E-state index >= 15 is 0 Å². The molecule has 118 valence electrons. The van der Waals surface area contributed by atoms with E-state index in [1.165, 1.54) is 0 Å². The fourth-order valence-corrected chi connectivity index (χ4v) is 2.13. The van der Waals surface area contributed by atoms with Crippen molar-refractivity contribution in [3.8, 4) is 11.8 Å². The number of nitriles is 1. The molecule has 0 aromatic heterocycles. The van der Waals surface area contributed by atoms with Crippen LogP contribution in [-0.2, 0) is 13.1 Å². The number of nitrogens with zero attached hydrogens (tertiary/aromatic N) is 2. The zero-order valence-corrected chi connectivity index (χ0v) is 13.3. The summed E-state index contributed by atoms with van der Waals surface area (Å²) in [5.74, 6) is 1.54. The van der Waals surface area contributed by atoms with Crippen LogP contribution in [0.4, 0.5) is 0 Å². The molecule has 0 atom stereocenters. The lowest BCUT2D eigenvalue weighted by Crippen LogP contribution is -2.36. The minimum absolute atomic E-state index is 0.604. The second-order valence-corrected chi connectivity index (χ2v) is 4.94. The molecule has 2 N–H and O–H groups in total. The van der Waals surface area contributed by atoms with Gasteiger partial charge in [-0.3, -0.25) is 4.99 Å². The SMILES string of the molecule is CN=C(NCc1cccc(C#N)c1)NCc1cccc(OC)c1. The third-order valence-electron chi connectivity index (χ3n) is 3.33. The fraction of sp³-hybridized carbons (Fsp3) is 0.222. The molecule has 0 aliphatic heterocycles. The van der Waals surface area contributed by atoms with Crippen molar-refractivity contribution in [1.82, 2.24) is 10.6 Å². The van der Waals surface area contributed by atoms with Crippen LogP contribution in [0.1, 0.15) is 16.7 Å². The summed E-state index contributed by atoms with van der Waals surface area (Å²) in [4.78, 5) is 4.20. The molecule has 5 nitrogen and oxygen atoms in total. The highest BCUT2D eigenvalue weighted by atomic mass is 16.5. The number of methoxy groups -OCH3 is 1. The van der Waals surface area contributed by atoms with Gasteiger partial charge in [-0.25, -0.2) is 0 Å². The molecule has 23 heavy (non-hydrogen) atoms. The van der Waals surface area contributed by atoms with Crippen LogP contribution < -0.4 is 15.4 Å². The molecule has 0 saturated carbocycles. The standard InChI is InChI=1S/C18H20N4O/c1-20-18(21-12-15-6-3-5-14(9-15)11-19)22-13-16-7-4-8-17(10-16)23-2/h3-10H,12-13H2,1-2H3,(H2,20,21,22). The largest absolute Gasteiger partial charge is 0.497 e. The molecule has 0 unspecified atom stereocenters. The lowest BCUT2D eigenvalue weighted by molar-refractivity contribution is 0.414. The Morgan fingerprint density at radius 1 is 1.09 bits per heavy atom. The zero-order valence-electron chi connectivity index (χ0n) is 13.3. The Bertz CT molecular complexity index is 719. The lowest BCUT2D eigenvalue weighted by atomic mass is 10.1. The van der Waals surface area contributed by atoms with Crippen molar-refractivity contribution in [2.45, 2.75) is 13.1 Å². The van der Waals surface area contributed by atoms with E-state index in [0.717, 1.165) is 16.9 Å². The van der Waals surface area contributed by atoms with Gasteiger partial charge in [-0.2, -0.15) is 5.26 Å². The van der Waals surface area contributed by atoms with Gasteiger partial charge in [0.05, 0.1) is 18.7 Å². The zero-order chi connectivity index (χ0) is 16.5. The van der Waals surface area contributed by atoms with Crippen LogP contribution in [0.15, 0.2) is 53.5 Å². The Balaban J connectivity index is 1.89. The van der Waals surface area contributed by atoms with E-state index in [0.29, 0.717) is 24.6 Å². The van der Waals surface area contributed by atoms with E-state index in [2.05, 4.69) is 21.7 Å². The van der Waals surface area contributed by atoms with Crippen LogP contribution in [0, 0.1) is 11.3 Å². The molecule has 2 aromatic carbocycles. The number of guanidine groups is 1. The Morgan fingerprint density at radius 3 is 2.35 bits per heavy atom. The smallest absolute Gasteiger partial charge is 0.191 e. The summed E-state index contributed by atoms with van der Waals surface area (Å²) < 4.78 is 5.22. The molecule has 0 amide bonds. The normalized spacial score (nSPS) is 10.7. The first-order chi connectivity index (χ1) is 11.2. The van der Waals surface area contributed by atoms with Crippen LogP contribution in [-0.4, -0.2) is 20.1 Å². The van der Waals surface area contributed by atoms with E-state index < -0.39 is 0 Å². The van der Waals surface area contributed by atoms with Crippen molar-refractivity contribution in [3.05, 3.63) is 65.2 Å². The highest BCUT2D eigenvalue weighted by Crippen LogP contribution is 2.12. The van der Waals surface area contributed by atoms with Crippen LogP contribution in [0.3, 0.4) is 0 Å². The van der Waals surface area contributed by atoms with Gasteiger partial charge in [0.25, 0.3) is 0 Å². The number of nitrogens with one attached hydrogen (secondary N) is 2. The van der Waals surface area contributed by atoms with Crippen molar-refractivity contribution < 1.29 is 4.74 Å². The highest BCUT2D eigenvalue weighted by molar-refractivity contribution is 5.79. The van der Waals surface area contributed by atoms with Gasteiger partial charge in [0.1, 0.15) is 5.75 Å². The number of aliphatic imine (C=N–C) groups is 1.